The van der Waals surface area contributed by atoms with E-state index in [-0.39, 0.29) is 6.42 Å². The normalized spacial score (nSPS) is 11.0. The van der Waals surface area contributed by atoms with Crippen LogP contribution in [0.4, 0.5) is 0 Å². The van der Waals surface area contributed by atoms with Crippen molar-refractivity contribution in [2.24, 2.45) is 0 Å². The van der Waals surface area contributed by atoms with Gasteiger partial charge in [0.25, 0.3) is 0 Å². The summed E-state index contributed by atoms with van der Waals surface area (Å²) in [6, 6.07) is 13.6. The standard InChI is InChI=1S/C20H20BrNO3/c1-2-3-10-25-13-8-9-18-15(11-13)16(12-19(23)24)20(22-18)14-6-4-5-7-17(14)21/h4-9,11,22H,2-3,10,12H2,1H3,(H,23,24). The molecule has 2 N–H and O–H groups in total. The molecular formula is C20H20BrNO3. The maximum atomic E-state index is 11.4. The van der Waals surface area contributed by atoms with Crippen LogP contribution in [0, 0.1) is 0 Å². The zero-order valence-corrected chi connectivity index (χ0v) is 15.6. The minimum absolute atomic E-state index is 0.0465. The fourth-order valence-corrected chi connectivity index (χ4v) is 3.36. The molecule has 0 saturated carbocycles. The van der Waals surface area contributed by atoms with E-state index in [2.05, 4.69) is 27.8 Å². The number of halogens is 1. The summed E-state index contributed by atoms with van der Waals surface area (Å²) < 4.78 is 6.71. The molecule has 0 aliphatic carbocycles. The van der Waals surface area contributed by atoms with Gasteiger partial charge in [0.1, 0.15) is 5.75 Å². The minimum Gasteiger partial charge on any atom is -0.494 e. The molecule has 0 aliphatic rings. The largest absolute Gasteiger partial charge is 0.494 e. The molecule has 3 rings (SSSR count). The second-order valence-corrected chi connectivity index (χ2v) is 6.79. The van der Waals surface area contributed by atoms with Crippen molar-refractivity contribution < 1.29 is 14.6 Å². The first-order valence-corrected chi connectivity index (χ1v) is 9.13. The second-order valence-electron chi connectivity index (χ2n) is 5.94. The van der Waals surface area contributed by atoms with Crippen LogP contribution in [0.25, 0.3) is 22.2 Å². The first-order chi connectivity index (χ1) is 12.1. The summed E-state index contributed by atoms with van der Waals surface area (Å²) in [4.78, 5) is 14.8. The first-order valence-electron chi connectivity index (χ1n) is 8.34. The van der Waals surface area contributed by atoms with E-state index < -0.39 is 5.97 Å². The molecule has 0 saturated heterocycles. The number of aromatic nitrogens is 1. The highest BCUT2D eigenvalue weighted by atomic mass is 79.9. The van der Waals surface area contributed by atoms with Gasteiger partial charge in [-0.05, 0) is 36.2 Å². The Kier molecular flexibility index (Phi) is 5.43. The smallest absolute Gasteiger partial charge is 0.307 e. The number of carboxylic acids is 1. The van der Waals surface area contributed by atoms with Crippen molar-refractivity contribution in [3.8, 4) is 17.0 Å². The number of hydrogen-bond acceptors (Lipinski definition) is 2. The Hall–Kier alpha value is -2.27. The van der Waals surface area contributed by atoms with Crippen molar-refractivity contribution in [3.05, 3.63) is 52.5 Å². The Morgan fingerprint density at radius 1 is 1.24 bits per heavy atom. The number of carbonyl (C=O) groups is 1. The van der Waals surface area contributed by atoms with E-state index in [9.17, 15) is 9.90 Å². The summed E-state index contributed by atoms with van der Waals surface area (Å²) >= 11 is 3.56. The van der Waals surface area contributed by atoms with Crippen molar-refractivity contribution in [3.63, 3.8) is 0 Å². The molecule has 0 bridgehead atoms. The zero-order valence-electron chi connectivity index (χ0n) is 14.0. The topological polar surface area (TPSA) is 62.3 Å². The molecular weight excluding hydrogens is 382 g/mol. The summed E-state index contributed by atoms with van der Waals surface area (Å²) in [6.07, 6.45) is 2.02. The van der Waals surface area contributed by atoms with Gasteiger partial charge in [-0.15, -0.1) is 0 Å². The van der Waals surface area contributed by atoms with Crippen molar-refractivity contribution in [1.82, 2.24) is 4.98 Å². The molecule has 0 aliphatic heterocycles. The van der Waals surface area contributed by atoms with Crippen molar-refractivity contribution in [2.45, 2.75) is 26.2 Å². The highest BCUT2D eigenvalue weighted by Gasteiger charge is 2.18. The Morgan fingerprint density at radius 3 is 2.76 bits per heavy atom. The van der Waals surface area contributed by atoms with Gasteiger partial charge >= 0.3 is 5.97 Å². The van der Waals surface area contributed by atoms with E-state index in [0.717, 1.165) is 50.8 Å². The molecule has 25 heavy (non-hydrogen) atoms. The van der Waals surface area contributed by atoms with Crippen LogP contribution < -0.4 is 4.74 Å². The quantitative estimate of drug-likeness (QED) is 0.520. The molecule has 0 fully saturated rings. The Bertz CT molecular complexity index is 901. The van der Waals surface area contributed by atoms with Gasteiger partial charge in [0, 0.05) is 20.9 Å². The number of fused-ring (bicyclic) bond motifs is 1. The lowest BCUT2D eigenvalue weighted by Gasteiger charge is -2.07. The van der Waals surface area contributed by atoms with E-state index in [1.165, 1.54) is 0 Å². The highest BCUT2D eigenvalue weighted by Crippen LogP contribution is 2.36. The van der Waals surface area contributed by atoms with Crippen molar-refractivity contribution >= 4 is 32.8 Å². The summed E-state index contributed by atoms with van der Waals surface area (Å²) in [7, 11) is 0. The van der Waals surface area contributed by atoms with E-state index in [4.69, 9.17) is 4.74 Å². The van der Waals surface area contributed by atoms with Gasteiger partial charge in [0.15, 0.2) is 0 Å². The lowest BCUT2D eigenvalue weighted by molar-refractivity contribution is -0.136. The van der Waals surface area contributed by atoms with Gasteiger partial charge in [-0.3, -0.25) is 4.79 Å². The maximum absolute atomic E-state index is 11.4. The summed E-state index contributed by atoms with van der Waals surface area (Å²) in [5.74, 6) is -0.0863. The van der Waals surface area contributed by atoms with Crippen molar-refractivity contribution in [1.29, 1.82) is 0 Å². The van der Waals surface area contributed by atoms with Crippen LogP contribution >= 0.6 is 15.9 Å². The Balaban J connectivity index is 2.10. The number of carboxylic acid groups (broad SMARTS) is 1. The monoisotopic (exact) mass is 401 g/mol. The number of rotatable bonds is 7. The Morgan fingerprint density at radius 2 is 2.04 bits per heavy atom. The maximum Gasteiger partial charge on any atom is 0.307 e. The number of ether oxygens (including phenoxy) is 1. The summed E-state index contributed by atoms with van der Waals surface area (Å²) in [5.41, 5.74) is 3.46. The van der Waals surface area contributed by atoms with Crippen LogP contribution in [0.5, 0.6) is 5.75 Å². The van der Waals surface area contributed by atoms with E-state index in [1.807, 2.05) is 42.5 Å². The molecule has 0 atom stereocenters. The van der Waals surface area contributed by atoms with Gasteiger partial charge in [0.05, 0.1) is 18.7 Å². The fourth-order valence-electron chi connectivity index (χ4n) is 2.88. The molecule has 4 nitrogen and oxygen atoms in total. The zero-order chi connectivity index (χ0) is 17.8. The van der Waals surface area contributed by atoms with Crippen LogP contribution in [-0.4, -0.2) is 22.7 Å². The molecule has 130 valence electrons. The van der Waals surface area contributed by atoms with Crippen LogP contribution in [0.1, 0.15) is 25.3 Å². The van der Waals surface area contributed by atoms with E-state index >= 15 is 0 Å². The van der Waals surface area contributed by atoms with Gasteiger partial charge in [-0.2, -0.15) is 0 Å². The second kappa shape index (κ2) is 7.74. The SMILES string of the molecule is CCCCOc1ccc2[nH]c(-c3ccccc3Br)c(CC(=O)O)c2c1. The third kappa shape index (κ3) is 3.87. The lowest BCUT2D eigenvalue weighted by Crippen LogP contribution is -2.01. The van der Waals surface area contributed by atoms with Gasteiger partial charge in [-0.25, -0.2) is 0 Å². The first kappa shape index (κ1) is 17.5. The minimum atomic E-state index is -0.855. The van der Waals surface area contributed by atoms with Crippen molar-refractivity contribution in [2.75, 3.05) is 6.61 Å². The molecule has 0 amide bonds. The average Bonchev–Trinajstić information content (AvgIpc) is 2.93. The van der Waals surface area contributed by atoms with Gasteiger partial charge < -0.3 is 14.8 Å². The number of unbranched alkanes of at least 4 members (excludes halogenated alkanes) is 1. The van der Waals surface area contributed by atoms with Gasteiger partial charge in [-0.1, -0.05) is 47.5 Å². The van der Waals surface area contributed by atoms with E-state index in [1.54, 1.807) is 0 Å². The third-order valence-electron chi connectivity index (χ3n) is 4.12. The lowest BCUT2D eigenvalue weighted by atomic mass is 10.0. The number of aromatic amines is 1. The van der Waals surface area contributed by atoms with E-state index in [0.29, 0.717) is 6.61 Å². The van der Waals surface area contributed by atoms with Crippen LogP contribution in [-0.2, 0) is 11.2 Å². The fraction of sp³-hybridized carbons (Fsp3) is 0.250. The predicted molar refractivity (Wildman–Crippen MR) is 103 cm³/mol. The number of nitrogens with one attached hydrogen (secondary N) is 1. The number of hydrogen-bond donors (Lipinski definition) is 2. The highest BCUT2D eigenvalue weighted by molar-refractivity contribution is 9.10. The summed E-state index contributed by atoms with van der Waals surface area (Å²) in [6.45, 7) is 2.78. The number of H-pyrrole nitrogens is 1. The average molecular weight is 402 g/mol. The molecule has 2 aromatic carbocycles. The molecule has 0 radical (unpaired) electrons. The summed E-state index contributed by atoms with van der Waals surface area (Å²) in [5, 5.41) is 10.3. The molecule has 1 aromatic heterocycles. The number of aliphatic carboxylic acids is 1. The molecule has 5 heteroatoms. The third-order valence-corrected chi connectivity index (χ3v) is 4.81. The van der Waals surface area contributed by atoms with Crippen LogP contribution in [0.2, 0.25) is 0 Å². The number of benzene rings is 2. The van der Waals surface area contributed by atoms with Crippen LogP contribution in [0.3, 0.4) is 0 Å². The Labute approximate surface area is 155 Å². The molecule has 0 unspecified atom stereocenters. The molecule has 0 spiro atoms. The van der Waals surface area contributed by atoms with Gasteiger partial charge in [0.2, 0.25) is 0 Å². The predicted octanol–water partition coefficient (Wildman–Crippen LogP) is 5.40. The molecule has 1 heterocycles. The van der Waals surface area contributed by atoms with Crippen LogP contribution in [0.15, 0.2) is 46.9 Å². The molecule has 3 aromatic rings.